The number of benzene rings is 1. The summed E-state index contributed by atoms with van der Waals surface area (Å²) < 4.78 is 6.71. The monoisotopic (exact) mass is 338 g/mol. The minimum Gasteiger partial charge on any atom is -0.481 e. The topological polar surface area (TPSA) is 50.4 Å². The quantitative estimate of drug-likeness (QED) is 0.782. The second-order valence-electron chi connectivity index (χ2n) is 4.37. The Hall–Kier alpha value is -1.51. The summed E-state index contributed by atoms with van der Waals surface area (Å²) in [6.07, 6.45) is 4.50. The lowest BCUT2D eigenvalue weighted by atomic mass is 10.1. The maximum atomic E-state index is 11.8. The summed E-state index contributed by atoms with van der Waals surface area (Å²) >= 11 is 3.44. The maximum absolute atomic E-state index is 11.8. The molecule has 20 heavy (non-hydrogen) atoms. The Morgan fingerprint density at radius 2 is 2.20 bits per heavy atom. The van der Waals surface area contributed by atoms with E-state index >= 15 is 0 Å². The van der Waals surface area contributed by atoms with E-state index in [-0.39, 0.29) is 18.5 Å². The van der Waals surface area contributed by atoms with Crippen molar-refractivity contribution in [3.8, 4) is 18.1 Å². The Morgan fingerprint density at radius 3 is 2.80 bits per heavy atom. The van der Waals surface area contributed by atoms with Crippen molar-refractivity contribution < 1.29 is 9.53 Å². The summed E-state index contributed by atoms with van der Waals surface area (Å²) in [5.74, 6) is 2.81. The van der Waals surface area contributed by atoms with E-state index in [1.54, 1.807) is 6.92 Å². The summed E-state index contributed by atoms with van der Waals surface area (Å²) in [7, 11) is 1.87. The standard InChI is InChI=1S/C15H19BrN2O2/c1-5-8-18-15(19)11(3)20-14-7-6-12(16)9-13(14)10(2)17-4/h1,6-7,9-11,17H,8H2,2-4H3,(H,18,19). The fourth-order valence-corrected chi connectivity index (χ4v) is 2.03. The number of amides is 1. The normalized spacial score (nSPS) is 13.2. The first kappa shape index (κ1) is 16.5. The molecule has 2 unspecified atom stereocenters. The van der Waals surface area contributed by atoms with Crippen LogP contribution in [0.3, 0.4) is 0 Å². The minimum atomic E-state index is -0.604. The molecular weight excluding hydrogens is 320 g/mol. The fourth-order valence-electron chi connectivity index (χ4n) is 1.65. The van der Waals surface area contributed by atoms with Crippen molar-refractivity contribution in [1.82, 2.24) is 10.6 Å². The van der Waals surface area contributed by atoms with Crippen LogP contribution in [0.25, 0.3) is 0 Å². The highest BCUT2D eigenvalue weighted by Crippen LogP contribution is 2.29. The average molecular weight is 339 g/mol. The minimum absolute atomic E-state index is 0.114. The van der Waals surface area contributed by atoms with Gasteiger partial charge in [-0.25, -0.2) is 0 Å². The zero-order chi connectivity index (χ0) is 15.1. The van der Waals surface area contributed by atoms with Gasteiger partial charge in [0.05, 0.1) is 6.54 Å². The van der Waals surface area contributed by atoms with Crippen molar-refractivity contribution in [2.75, 3.05) is 13.6 Å². The number of ether oxygens (including phenoxy) is 1. The first-order valence-electron chi connectivity index (χ1n) is 6.34. The molecule has 0 radical (unpaired) electrons. The number of carbonyl (C=O) groups excluding carboxylic acids is 1. The van der Waals surface area contributed by atoms with Gasteiger partial charge in [-0.05, 0) is 39.1 Å². The van der Waals surface area contributed by atoms with E-state index in [1.807, 2.05) is 32.2 Å². The first-order valence-corrected chi connectivity index (χ1v) is 7.13. The van der Waals surface area contributed by atoms with Gasteiger partial charge in [0.25, 0.3) is 5.91 Å². The van der Waals surface area contributed by atoms with E-state index in [0.717, 1.165) is 10.0 Å². The lowest BCUT2D eigenvalue weighted by molar-refractivity contribution is -0.127. The van der Waals surface area contributed by atoms with Gasteiger partial charge in [-0.2, -0.15) is 0 Å². The van der Waals surface area contributed by atoms with Gasteiger partial charge in [0.1, 0.15) is 5.75 Å². The summed E-state index contributed by atoms with van der Waals surface area (Å²) in [5.41, 5.74) is 0.985. The summed E-state index contributed by atoms with van der Waals surface area (Å²) in [6.45, 7) is 3.92. The summed E-state index contributed by atoms with van der Waals surface area (Å²) in [6, 6.07) is 5.82. The molecule has 0 aliphatic carbocycles. The molecule has 0 aliphatic heterocycles. The van der Waals surface area contributed by atoms with Gasteiger partial charge >= 0.3 is 0 Å². The maximum Gasteiger partial charge on any atom is 0.261 e. The second-order valence-corrected chi connectivity index (χ2v) is 5.29. The number of nitrogens with one attached hydrogen (secondary N) is 2. The van der Waals surface area contributed by atoms with Gasteiger partial charge in [0.15, 0.2) is 6.10 Å². The molecular formula is C15H19BrN2O2. The molecule has 4 nitrogen and oxygen atoms in total. The van der Waals surface area contributed by atoms with Crippen LogP contribution in [0.2, 0.25) is 0 Å². The van der Waals surface area contributed by atoms with E-state index in [2.05, 4.69) is 32.5 Å². The third-order valence-corrected chi connectivity index (χ3v) is 3.40. The smallest absolute Gasteiger partial charge is 0.261 e. The lowest BCUT2D eigenvalue weighted by Crippen LogP contribution is -2.36. The zero-order valence-corrected chi connectivity index (χ0v) is 13.5. The molecule has 0 aromatic heterocycles. The van der Waals surface area contributed by atoms with E-state index < -0.39 is 6.10 Å². The molecule has 2 atom stereocenters. The van der Waals surface area contributed by atoms with Gasteiger partial charge in [-0.3, -0.25) is 4.79 Å². The largest absolute Gasteiger partial charge is 0.481 e. The molecule has 2 N–H and O–H groups in total. The molecule has 5 heteroatoms. The predicted octanol–water partition coefficient (Wildman–Crippen LogP) is 2.25. The van der Waals surface area contributed by atoms with Gasteiger partial charge in [-0.1, -0.05) is 21.9 Å². The Morgan fingerprint density at radius 1 is 1.50 bits per heavy atom. The zero-order valence-electron chi connectivity index (χ0n) is 11.9. The van der Waals surface area contributed by atoms with Crippen LogP contribution in [0.4, 0.5) is 0 Å². The number of hydrogen-bond acceptors (Lipinski definition) is 3. The number of halogens is 1. The number of hydrogen-bond donors (Lipinski definition) is 2. The first-order chi connectivity index (χ1) is 9.49. The van der Waals surface area contributed by atoms with E-state index in [1.165, 1.54) is 0 Å². The van der Waals surface area contributed by atoms with Crippen LogP contribution in [-0.2, 0) is 4.79 Å². The van der Waals surface area contributed by atoms with Gasteiger partial charge in [-0.15, -0.1) is 6.42 Å². The molecule has 0 aliphatic rings. The highest BCUT2D eigenvalue weighted by Gasteiger charge is 2.17. The third-order valence-electron chi connectivity index (χ3n) is 2.91. The van der Waals surface area contributed by atoms with Crippen molar-refractivity contribution in [2.24, 2.45) is 0 Å². The molecule has 1 rings (SSSR count). The van der Waals surface area contributed by atoms with E-state index in [9.17, 15) is 4.79 Å². The average Bonchev–Trinajstić information content (AvgIpc) is 2.45. The number of rotatable bonds is 6. The van der Waals surface area contributed by atoms with E-state index in [4.69, 9.17) is 11.2 Å². The Labute approximate surface area is 128 Å². The Bertz CT molecular complexity index is 511. The number of carbonyl (C=O) groups is 1. The molecule has 0 fully saturated rings. The molecule has 1 aromatic rings. The molecule has 1 aromatic carbocycles. The van der Waals surface area contributed by atoms with Crippen molar-refractivity contribution in [2.45, 2.75) is 26.0 Å². The number of terminal acetylenes is 1. The second kappa shape index (κ2) is 7.93. The molecule has 0 saturated heterocycles. The van der Waals surface area contributed by atoms with Crippen LogP contribution >= 0.6 is 15.9 Å². The van der Waals surface area contributed by atoms with Gasteiger partial charge < -0.3 is 15.4 Å². The molecule has 0 heterocycles. The summed E-state index contributed by atoms with van der Waals surface area (Å²) in [5, 5.41) is 5.76. The molecule has 1 amide bonds. The SMILES string of the molecule is C#CCNC(=O)C(C)Oc1ccc(Br)cc1C(C)NC. The van der Waals surface area contributed by atoms with Gasteiger partial charge in [0, 0.05) is 16.1 Å². The molecule has 0 saturated carbocycles. The third kappa shape index (κ3) is 4.55. The summed E-state index contributed by atoms with van der Waals surface area (Å²) in [4.78, 5) is 11.8. The van der Waals surface area contributed by atoms with Crippen LogP contribution in [0.5, 0.6) is 5.75 Å². The van der Waals surface area contributed by atoms with Crippen molar-refractivity contribution in [3.05, 3.63) is 28.2 Å². The van der Waals surface area contributed by atoms with E-state index in [0.29, 0.717) is 5.75 Å². The van der Waals surface area contributed by atoms with Crippen LogP contribution < -0.4 is 15.4 Å². The van der Waals surface area contributed by atoms with Gasteiger partial charge in [0.2, 0.25) is 0 Å². The van der Waals surface area contributed by atoms with Crippen molar-refractivity contribution in [3.63, 3.8) is 0 Å². The molecule has 0 spiro atoms. The van der Waals surface area contributed by atoms with Crippen molar-refractivity contribution in [1.29, 1.82) is 0 Å². The molecule has 0 bridgehead atoms. The van der Waals surface area contributed by atoms with Crippen LogP contribution in [-0.4, -0.2) is 25.6 Å². The van der Waals surface area contributed by atoms with Crippen LogP contribution in [0, 0.1) is 12.3 Å². The fraction of sp³-hybridized carbons (Fsp3) is 0.400. The Balaban J connectivity index is 2.86. The van der Waals surface area contributed by atoms with Crippen LogP contribution in [0.1, 0.15) is 25.5 Å². The molecule has 108 valence electrons. The highest BCUT2D eigenvalue weighted by atomic mass is 79.9. The predicted molar refractivity (Wildman–Crippen MR) is 83.5 cm³/mol. The van der Waals surface area contributed by atoms with Crippen molar-refractivity contribution >= 4 is 21.8 Å². The highest BCUT2D eigenvalue weighted by molar-refractivity contribution is 9.10. The Kier molecular flexibility index (Phi) is 6.56. The lowest BCUT2D eigenvalue weighted by Gasteiger charge is -2.20. The van der Waals surface area contributed by atoms with Crippen LogP contribution in [0.15, 0.2) is 22.7 Å².